The van der Waals surface area contributed by atoms with E-state index >= 15 is 0 Å². The molecule has 1 saturated heterocycles. The summed E-state index contributed by atoms with van der Waals surface area (Å²) in [4.78, 5) is 17.7. The first-order valence-corrected chi connectivity index (χ1v) is 6.48. The maximum atomic E-state index is 12.3. The molecule has 0 radical (unpaired) electrons. The molecule has 2 heterocycles. The number of carbonyl (C=O) groups is 1. The molecule has 1 unspecified atom stereocenters. The van der Waals surface area contributed by atoms with Crippen molar-refractivity contribution in [3.05, 3.63) is 28.0 Å². The second-order valence-corrected chi connectivity index (χ2v) is 5.60. The molecule has 1 aliphatic heterocycles. The molecule has 1 fully saturated rings. The van der Waals surface area contributed by atoms with Gasteiger partial charge in [-0.15, -0.1) is 0 Å². The number of β-amino-alcohol motifs (C(OH)–C–C–N with tert-alkyl or cyclic N) is 1. The zero-order valence-corrected chi connectivity index (χ0v) is 11.5. The largest absolute Gasteiger partial charge is 0.388 e. The van der Waals surface area contributed by atoms with Gasteiger partial charge < -0.3 is 10.0 Å². The van der Waals surface area contributed by atoms with Gasteiger partial charge >= 0.3 is 0 Å². The summed E-state index contributed by atoms with van der Waals surface area (Å²) < 4.78 is 0. The summed E-state index contributed by atoms with van der Waals surface area (Å²) >= 11 is 11.5. The summed E-state index contributed by atoms with van der Waals surface area (Å²) in [5.41, 5.74) is -0.424. The average Bonchev–Trinajstić information content (AvgIpc) is 2.25. The number of hydrogen-bond donors (Lipinski definition) is 1. The third kappa shape index (κ3) is 3.13. The van der Waals surface area contributed by atoms with Crippen LogP contribution >= 0.6 is 23.2 Å². The Labute approximate surface area is 116 Å². The minimum atomic E-state index is -0.825. The Balaban J connectivity index is 2.20. The maximum Gasteiger partial charge on any atom is 0.254 e. The van der Waals surface area contributed by atoms with Crippen LogP contribution in [0.4, 0.5) is 0 Å². The molecule has 0 bridgehead atoms. The van der Waals surface area contributed by atoms with Gasteiger partial charge in [-0.05, 0) is 31.9 Å². The lowest BCUT2D eigenvalue weighted by Crippen LogP contribution is -2.48. The molecule has 2 rings (SSSR count). The fraction of sp³-hybridized carbons (Fsp3) is 0.500. The van der Waals surface area contributed by atoms with E-state index in [1.807, 2.05) is 0 Å². The van der Waals surface area contributed by atoms with E-state index in [1.165, 1.54) is 12.1 Å². The van der Waals surface area contributed by atoms with Crippen LogP contribution in [-0.2, 0) is 0 Å². The average molecular weight is 289 g/mol. The Morgan fingerprint density at radius 3 is 2.61 bits per heavy atom. The zero-order chi connectivity index (χ0) is 13.3. The van der Waals surface area contributed by atoms with E-state index in [1.54, 1.807) is 11.8 Å². The van der Waals surface area contributed by atoms with Gasteiger partial charge in [-0.1, -0.05) is 23.2 Å². The summed E-state index contributed by atoms with van der Waals surface area (Å²) in [7, 11) is 0. The molecule has 1 amide bonds. The molecule has 18 heavy (non-hydrogen) atoms. The maximum absolute atomic E-state index is 12.3. The molecule has 1 aliphatic rings. The molecular weight excluding hydrogens is 275 g/mol. The molecule has 1 aromatic rings. The molecular formula is C12H14Cl2N2O2. The fourth-order valence-corrected chi connectivity index (χ4v) is 2.62. The summed E-state index contributed by atoms with van der Waals surface area (Å²) in [6.45, 7) is 2.69. The minimum Gasteiger partial charge on any atom is -0.388 e. The summed E-state index contributed by atoms with van der Waals surface area (Å²) in [6, 6.07) is 2.97. The Morgan fingerprint density at radius 1 is 1.44 bits per heavy atom. The van der Waals surface area contributed by atoms with Crippen LogP contribution in [0.5, 0.6) is 0 Å². The molecule has 4 nitrogen and oxygen atoms in total. The molecule has 0 aliphatic carbocycles. The van der Waals surface area contributed by atoms with E-state index in [2.05, 4.69) is 4.98 Å². The van der Waals surface area contributed by atoms with Crippen LogP contribution in [-0.4, -0.2) is 39.6 Å². The standard InChI is InChI=1S/C12H14Cl2N2O2/c1-12(18)3-2-4-16(7-12)11(17)8-5-9(13)15-10(14)6-8/h5-6,18H,2-4,7H2,1H3. The second-order valence-electron chi connectivity index (χ2n) is 4.83. The Morgan fingerprint density at radius 2 is 2.06 bits per heavy atom. The fourth-order valence-electron chi connectivity index (χ4n) is 2.16. The van der Waals surface area contributed by atoms with Gasteiger partial charge in [-0.2, -0.15) is 0 Å². The van der Waals surface area contributed by atoms with Gasteiger partial charge in [0.05, 0.1) is 5.60 Å². The monoisotopic (exact) mass is 288 g/mol. The number of halogens is 2. The van der Waals surface area contributed by atoms with Gasteiger partial charge in [0.15, 0.2) is 0 Å². The first-order valence-electron chi connectivity index (χ1n) is 5.72. The predicted molar refractivity (Wildman–Crippen MR) is 70.0 cm³/mol. The molecule has 1 atom stereocenters. The van der Waals surface area contributed by atoms with E-state index in [0.29, 0.717) is 25.1 Å². The highest BCUT2D eigenvalue weighted by Gasteiger charge is 2.31. The third-order valence-electron chi connectivity index (χ3n) is 2.97. The second kappa shape index (κ2) is 5.03. The van der Waals surface area contributed by atoms with Gasteiger partial charge in [0.2, 0.25) is 0 Å². The lowest BCUT2D eigenvalue weighted by molar-refractivity contribution is -0.0107. The summed E-state index contributed by atoms with van der Waals surface area (Å²) in [6.07, 6.45) is 1.49. The first-order chi connectivity index (χ1) is 8.37. The van der Waals surface area contributed by atoms with Crippen molar-refractivity contribution in [1.82, 2.24) is 9.88 Å². The number of aliphatic hydroxyl groups is 1. The van der Waals surface area contributed by atoms with Crippen LogP contribution in [0.3, 0.4) is 0 Å². The SMILES string of the molecule is CC1(O)CCCN(C(=O)c2cc(Cl)nc(Cl)c2)C1. The van der Waals surface area contributed by atoms with Gasteiger partial charge in [0.25, 0.3) is 5.91 Å². The highest BCUT2D eigenvalue weighted by Crippen LogP contribution is 2.23. The quantitative estimate of drug-likeness (QED) is 0.808. The van der Waals surface area contributed by atoms with Crippen molar-refractivity contribution in [3.63, 3.8) is 0 Å². The number of aromatic nitrogens is 1. The van der Waals surface area contributed by atoms with Crippen LogP contribution in [0.1, 0.15) is 30.1 Å². The number of piperidine rings is 1. The van der Waals surface area contributed by atoms with Crippen LogP contribution < -0.4 is 0 Å². The van der Waals surface area contributed by atoms with Crippen LogP contribution in [0.2, 0.25) is 10.3 Å². The van der Waals surface area contributed by atoms with Crippen molar-refractivity contribution in [1.29, 1.82) is 0 Å². The van der Waals surface area contributed by atoms with Crippen molar-refractivity contribution in [3.8, 4) is 0 Å². The number of nitrogens with zero attached hydrogens (tertiary/aromatic N) is 2. The molecule has 0 aromatic carbocycles. The van der Waals surface area contributed by atoms with E-state index in [-0.39, 0.29) is 16.2 Å². The highest BCUT2D eigenvalue weighted by molar-refractivity contribution is 6.33. The van der Waals surface area contributed by atoms with Crippen molar-refractivity contribution in [2.45, 2.75) is 25.4 Å². The summed E-state index contributed by atoms with van der Waals surface area (Å²) in [5, 5.41) is 10.4. The van der Waals surface area contributed by atoms with E-state index in [0.717, 1.165) is 6.42 Å². The van der Waals surface area contributed by atoms with Gasteiger partial charge in [-0.25, -0.2) is 4.98 Å². The minimum absolute atomic E-state index is 0.179. The Kier molecular flexibility index (Phi) is 3.80. The van der Waals surface area contributed by atoms with Gasteiger partial charge in [-0.3, -0.25) is 4.79 Å². The van der Waals surface area contributed by atoms with Crippen LogP contribution in [0.25, 0.3) is 0 Å². The number of pyridine rings is 1. The van der Waals surface area contributed by atoms with Gasteiger partial charge in [0.1, 0.15) is 10.3 Å². The van der Waals surface area contributed by atoms with Gasteiger partial charge in [0, 0.05) is 18.7 Å². The number of hydrogen-bond acceptors (Lipinski definition) is 3. The molecule has 1 N–H and O–H groups in total. The normalized spacial score (nSPS) is 24.1. The smallest absolute Gasteiger partial charge is 0.254 e. The van der Waals surface area contributed by atoms with Crippen molar-refractivity contribution >= 4 is 29.1 Å². The van der Waals surface area contributed by atoms with Crippen molar-refractivity contribution < 1.29 is 9.90 Å². The highest BCUT2D eigenvalue weighted by atomic mass is 35.5. The number of rotatable bonds is 1. The topological polar surface area (TPSA) is 53.4 Å². The number of likely N-dealkylation sites (tertiary alicyclic amines) is 1. The zero-order valence-electron chi connectivity index (χ0n) is 9.99. The van der Waals surface area contributed by atoms with Crippen molar-refractivity contribution in [2.24, 2.45) is 0 Å². The first kappa shape index (κ1) is 13.6. The Bertz CT molecular complexity index is 457. The molecule has 1 aromatic heterocycles. The molecule has 0 spiro atoms. The van der Waals surface area contributed by atoms with Crippen LogP contribution in [0.15, 0.2) is 12.1 Å². The van der Waals surface area contributed by atoms with E-state index in [9.17, 15) is 9.90 Å². The number of amides is 1. The molecule has 0 saturated carbocycles. The number of carbonyl (C=O) groups excluding carboxylic acids is 1. The third-order valence-corrected chi connectivity index (χ3v) is 3.36. The van der Waals surface area contributed by atoms with Crippen LogP contribution in [0, 0.1) is 0 Å². The predicted octanol–water partition coefficient (Wildman–Crippen LogP) is 2.38. The van der Waals surface area contributed by atoms with E-state index in [4.69, 9.17) is 23.2 Å². The summed E-state index contributed by atoms with van der Waals surface area (Å²) in [5.74, 6) is -0.179. The van der Waals surface area contributed by atoms with Crippen molar-refractivity contribution in [2.75, 3.05) is 13.1 Å². The molecule has 6 heteroatoms. The Hall–Kier alpha value is -0.840. The van der Waals surface area contributed by atoms with E-state index < -0.39 is 5.60 Å². The molecule has 98 valence electrons. The lowest BCUT2D eigenvalue weighted by Gasteiger charge is -2.36. The lowest BCUT2D eigenvalue weighted by atomic mass is 9.95.